The van der Waals surface area contributed by atoms with Crippen molar-refractivity contribution in [3.8, 4) is 11.4 Å². The van der Waals surface area contributed by atoms with Crippen LogP contribution in [0.15, 0.2) is 43.2 Å². The van der Waals surface area contributed by atoms with Gasteiger partial charge in [0.1, 0.15) is 12.7 Å². The second-order valence-corrected chi connectivity index (χ2v) is 5.67. The van der Waals surface area contributed by atoms with E-state index in [2.05, 4.69) is 20.1 Å². The molecule has 0 fully saturated rings. The standard InChI is InChI=1S/C17H13F3N6O/c1-10-2-11(4-13(3-10)17(18,19)20)16-24-9-26(25-16)7-14(15(21)27)12-5-22-8-23-6-12/h2-9H,1H3,(H2,21,27)/b14-7-. The smallest absolute Gasteiger partial charge is 0.366 e. The molecule has 2 heterocycles. The van der Waals surface area contributed by atoms with E-state index in [9.17, 15) is 18.0 Å². The number of carbonyl (C=O) groups is 1. The van der Waals surface area contributed by atoms with E-state index in [0.29, 0.717) is 11.1 Å². The Morgan fingerprint density at radius 3 is 2.52 bits per heavy atom. The molecule has 7 nitrogen and oxygen atoms in total. The van der Waals surface area contributed by atoms with Crippen molar-refractivity contribution in [3.05, 3.63) is 59.9 Å². The summed E-state index contributed by atoms with van der Waals surface area (Å²) < 4.78 is 40.2. The molecule has 27 heavy (non-hydrogen) atoms. The van der Waals surface area contributed by atoms with Gasteiger partial charge < -0.3 is 5.73 Å². The second-order valence-electron chi connectivity index (χ2n) is 5.67. The van der Waals surface area contributed by atoms with Crippen LogP contribution in [0, 0.1) is 6.92 Å². The van der Waals surface area contributed by atoms with Gasteiger partial charge in [-0.25, -0.2) is 19.6 Å². The van der Waals surface area contributed by atoms with Crippen LogP contribution in [0.3, 0.4) is 0 Å². The van der Waals surface area contributed by atoms with E-state index in [-0.39, 0.29) is 17.0 Å². The molecule has 0 radical (unpaired) electrons. The number of hydrogen-bond acceptors (Lipinski definition) is 5. The van der Waals surface area contributed by atoms with Gasteiger partial charge in [0.05, 0.1) is 11.1 Å². The maximum Gasteiger partial charge on any atom is 0.416 e. The number of nitrogens with two attached hydrogens (primary N) is 1. The topological polar surface area (TPSA) is 99.6 Å². The fraction of sp³-hybridized carbons (Fsp3) is 0.118. The fourth-order valence-electron chi connectivity index (χ4n) is 2.40. The van der Waals surface area contributed by atoms with E-state index in [4.69, 9.17) is 5.73 Å². The molecule has 0 saturated carbocycles. The van der Waals surface area contributed by atoms with Crippen LogP contribution in [-0.2, 0) is 11.0 Å². The predicted molar refractivity (Wildman–Crippen MR) is 90.6 cm³/mol. The molecule has 138 valence electrons. The molecule has 2 N–H and O–H groups in total. The largest absolute Gasteiger partial charge is 0.416 e. The lowest BCUT2D eigenvalue weighted by Gasteiger charge is -2.09. The first-order valence-electron chi connectivity index (χ1n) is 7.61. The van der Waals surface area contributed by atoms with Gasteiger partial charge in [0, 0.05) is 29.7 Å². The average molecular weight is 374 g/mol. The molecule has 3 rings (SSSR count). The van der Waals surface area contributed by atoms with Crippen LogP contribution < -0.4 is 5.73 Å². The minimum atomic E-state index is -4.48. The summed E-state index contributed by atoms with van der Waals surface area (Å²) in [5, 5.41) is 4.11. The summed E-state index contributed by atoms with van der Waals surface area (Å²) in [7, 11) is 0. The molecular formula is C17H13F3N6O. The highest BCUT2D eigenvalue weighted by molar-refractivity contribution is 6.22. The van der Waals surface area contributed by atoms with Gasteiger partial charge in [-0.15, -0.1) is 5.10 Å². The van der Waals surface area contributed by atoms with E-state index in [1.54, 1.807) is 13.0 Å². The Kier molecular flexibility index (Phi) is 4.72. The van der Waals surface area contributed by atoms with Gasteiger partial charge in [-0.05, 0) is 30.7 Å². The SMILES string of the molecule is Cc1cc(-c2ncn(/C=C(\C(N)=O)c3cncnc3)n2)cc(C(F)(F)F)c1. The van der Waals surface area contributed by atoms with Gasteiger partial charge >= 0.3 is 6.18 Å². The minimum Gasteiger partial charge on any atom is -0.366 e. The molecule has 1 aromatic carbocycles. The Morgan fingerprint density at radius 2 is 1.89 bits per heavy atom. The Bertz CT molecular complexity index is 1010. The van der Waals surface area contributed by atoms with Crippen LogP contribution in [0.1, 0.15) is 16.7 Å². The molecule has 0 saturated heterocycles. The summed E-state index contributed by atoms with van der Waals surface area (Å²) in [6.45, 7) is 1.55. The third kappa shape index (κ3) is 4.17. The molecule has 1 amide bonds. The van der Waals surface area contributed by atoms with Crippen LogP contribution in [-0.4, -0.2) is 30.6 Å². The van der Waals surface area contributed by atoms with Crippen LogP contribution in [0.2, 0.25) is 0 Å². The van der Waals surface area contributed by atoms with E-state index in [1.165, 1.54) is 35.9 Å². The monoisotopic (exact) mass is 374 g/mol. The maximum absolute atomic E-state index is 13.0. The third-order valence-corrected chi connectivity index (χ3v) is 3.57. The molecule has 10 heteroatoms. The van der Waals surface area contributed by atoms with Gasteiger partial charge in [0.2, 0.25) is 0 Å². The highest BCUT2D eigenvalue weighted by Crippen LogP contribution is 2.32. The van der Waals surface area contributed by atoms with Crippen molar-refractivity contribution in [1.82, 2.24) is 24.7 Å². The molecular weight excluding hydrogens is 361 g/mol. The first kappa shape index (κ1) is 18.2. The molecule has 0 aliphatic heterocycles. The number of rotatable bonds is 4. The quantitative estimate of drug-likeness (QED) is 0.708. The van der Waals surface area contributed by atoms with Crippen molar-refractivity contribution < 1.29 is 18.0 Å². The van der Waals surface area contributed by atoms with Crippen LogP contribution >= 0.6 is 0 Å². The molecule has 0 atom stereocenters. The van der Waals surface area contributed by atoms with Crippen LogP contribution in [0.5, 0.6) is 0 Å². The molecule has 0 bridgehead atoms. The lowest BCUT2D eigenvalue weighted by Crippen LogP contribution is -2.14. The zero-order valence-corrected chi connectivity index (χ0v) is 14.0. The van der Waals surface area contributed by atoms with E-state index < -0.39 is 17.6 Å². The molecule has 2 aromatic heterocycles. The summed E-state index contributed by atoms with van der Waals surface area (Å²) >= 11 is 0. The Balaban J connectivity index is 2.00. The summed E-state index contributed by atoms with van der Waals surface area (Å²) in [6.07, 6.45) is 2.19. The lowest BCUT2D eigenvalue weighted by molar-refractivity contribution is -0.137. The lowest BCUT2D eigenvalue weighted by atomic mass is 10.1. The van der Waals surface area contributed by atoms with Gasteiger partial charge in [-0.2, -0.15) is 13.2 Å². The third-order valence-electron chi connectivity index (χ3n) is 3.57. The number of aromatic nitrogens is 5. The zero-order chi connectivity index (χ0) is 19.6. The maximum atomic E-state index is 13.0. The Hall–Kier alpha value is -3.56. The summed E-state index contributed by atoms with van der Waals surface area (Å²) in [4.78, 5) is 23.3. The van der Waals surface area contributed by atoms with Gasteiger partial charge in [-0.3, -0.25) is 4.79 Å². The number of aryl methyl sites for hydroxylation is 1. The summed E-state index contributed by atoms with van der Waals surface area (Å²) in [5.74, 6) is -0.662. The van der Waals surface area contributed by atoms with Crippen LogP contribution in [0.25, 0.3) is 23.2 Å². The van der Waals surface area contributed by atoms with Crippen molar-refractivity contribution in [2.45, 2.75) is 13.1 Å². The zero-order valence-electron chi connectivity index (χ0n) is 14.0. The van der Waals surface area contributed by atoms with Crippen molar-refractivity contribution in [2.75, 3.05) is 0 Å². The number of primary amides is 1. The van der Waals surface area contributed by atoms with Gasteiger partial charge in [0.25, 0.3) is 5.91 Å². The molecule has 0 spiro atoms. The predicted octanol–water partition coefficient (Wildman–Crippen LogP) is 2.55. The molecule has 0 unspecified atom stereocenters. The first-order valence-corrected chi connectivity index (χ1v) is 7.61. The number of hydrogen-bond donors (Lipinski definition) is 1. The van der Waals surface area contributed by atoms with E-state index in [1.807, 2.05) is 0 Å². The number of benzene rings is 1. The molecule has 3 aromatic rings. The number of amides is 1. The highest BCUT2D eigenvalue weighted by atomic mass is 19.4. The minimum absolute atomic E-state index is 0.0762. The summed E-state index contributed by atoms with van der Waals surface area (Å²) in [5.41, 5.74) is 5.66. The van der Waals surface area contributed by atoms with Crippen molar-refractivity contribution in [3.63, 3.8) is 0 Å². The van der Waals surface area contributed by atoms with E-state index in [0.717, 1.165) is 12.1 Å². The van der Waals surface area contributed by atoms with Crippen molar-refractivity contribution in [1.29, 1.82) is 0 Å². The summed E-state index contributed by atoms with van der Waals surface area (Å²) in [6, 6.07) is 3.55. The van der Waals surface area contributed by atoms with Crippen molar-refractivity contribution in [2.24, 2.45) is 5.73 Å². The van der Waals surface area contributed by atoms with Gasteiger partial charge in [-0.1, -0.05) is 0 Å². The number of nitrogens with zero attached hydrogens (tertiary/aromatic N) is 5. The number of halogens is 3. The van der Waals surface area contributed by atoms with Crippen LogP contribution in [0.4, 0.5) is 13.2 Å². The van der Waals surface area contributed by atoms with Crippen molar-refractivity contribution >= 4 is 17.7 Å². The molecule has 0 aliphatic carbocycles. The van der Waals surface area contributed by atoms with Gasteiger partial charge in [0.15, 0.2) is 5.82 Å². The number of carbonyl (C=O) groups excluding carboxylic acids is 1. The Morgan fingerprint density at radius 1 is 1.19 bits per heavy atom. The normalized spacial score (nSPS) is 12.2. The second kappa shape index (κ2) is 6.98. The van der Waals surface area contributed by atoms with E-state index >= 15 is 0 Å². The molecule has 0 aliphatic rings. The first-order chi connectivity index (χ1) is 12.7. The average Bonchev–Trinajstić information content (AvgIpc) is 3.08. The number of alkyl halides is 3. The Labute approximate surface area is 151 Å². The fourth-order valence-corrected chi connectivity index (χ4v) is 2.40. The highest BCUT2D eigenvalue weighted by Gasteiger charge is 2.31.